The van der Waals surface area contributed by atoms with Crippen LogP contribution < -0.4 is 14.8 Å². The van der Waals surface area contributed by atoms with E-state index in [9.17, 15) is 14.4 Å². The van der Waals surface area contributed by atoms with Crippen molar-refractivity contribution in [1.82, 2.24) is 10.2 Å². The Morgan fingerprint density at radius 1 is 1.14 bits per heavy atom. The fourth-order valence-corrected chi connectivity index (χ4v) is 3.09. The maximum atomic E-state index is 13.1. The highest BCUT2D eigenvalue weighted by atomic mass is 16.5. The summed E-state index contributed by atoms with van der Waals surface area (Å²) < 4.78 is 20.3. The van der Waals surface area contributed by atoms with Crippen LogP contribution in [0, 0.1) is 0 Å². The topological polar surface area (TPSA) is 107 Å². The number of ether oxygens (including phenoxy) is 3. The van der Waals surface area contributed by atoms with E-state index in [-0.39, 0.29) is 12.3 Å². The highest BCUT2D eigenvalue weighted by Gasteiger charge is 2.49. The maximum absolute atomic E-state index is 13.1. The van der Waals surface area contributed by atoms with Crippen LogP contribution >= 0.6 is 0 Å². The predicted molar refractivity (Wildman–Crippen MR) is 96.0 cm³/mol. The summed E-state index contributed by atoms with van der Waals surface area (Å²) in [7, 11) is 4.21. The first kappa shape index (κ1) is 19.3. The Morgan fingerprint density at radius 3 is 2.50 bits per heavy atom. The average molecular weight is 388 g/mol. The molecule has 1 aromatic heterocycles. The van der Waals surface area contributed by atoms with Crippen LogP contribution in [-0.2, 0) is 21.6 Å². The van der Waals surface area contributed by atoms with Crippen molar-refractivity contribution in [2.75, 3.05) is 21.3 Å². The molecule has 0 radical (unpaired) electrons. The molecule has 2 heterocycles. The highest BCUT2D eigenvalue weighted by Crippen LogP contribution is 2.36. The molecule has 9 nitrogen and oxygen atoms in total. The van der Waals surface area contributed by atoms with E-state index in [4.69, 9.17) is 13.9 Å². The third-order valence-electron chi connectivity index (χ3n) is 4.68. The van der Waals surface area contributed by atoms with Crippen LogP contribution in [0.25, 0.3) is 0 Å². The number of nitrogens with zero attached hydrogens (tertiary/aromatic N) is 1. The molecule has 0 spiro atoms. The number of hydrogen-bond donors (Lipinski definition) is 1. The molecule has 2 aromatic rings. The van der Waals surface area contributed by atoms with Gasteiger partial charge in [0.1, 0.15) is 5.54 Å². The summed E-state index contributed by atoms with van der Waals surface area (Å²) in [4.78, 5) is 38.4. The van der Waals surface area contributed by atoms with Gasteiger partial charge in [-0.2, -0.15) is 0 Å². The van der Waals surface area contributed by atoms with Gasteiger partial charge in [-0.3, -0.25) is 9.69 Å². The number of esters is 1. The zero-order chi connectivity index (χ0) is 20.5. The molecule has 148 valence electrons. The number of methoxy groups -OCH3 is 3. The summed E-state index contributed by atoms with van der Waals surface area (Å²) in [5.41, 5.74) is -0.399. The molecule has 1 unspecified atom stereocenters. The number of furan rings is 1. The van der Waals surface area contributed by atoms with Crippen LogP contribution in [0.2, 0.25) is 0 Å². The van der Waals surface area contributed by atoms with Crippen molar-refractivity contribution in [2.45, 2.75) is 19.0 Å². The summed E-state index contributed by atoms with van der Waals surface area (Å²) in [5.74, 6) is -0.270. The van der Waals surface area contributed by atoms with Gasteiger partial charge in [0.05, 0.1) is 34.1 Å². The lowest BCUT2D eigenvalue weighted by molar-refractivity contribution is -0.131. The van der Waals surface area contributed by atoms with Gasteiger partial charge in [0, 0.05) is 5.56 Å². The summed E-state index contributed by atoms with van der Waals surface area (Å²) in [6, 6.07) is 5.91. The number of benzene rings is 1. The standard InChI is InChI=1S/C19H20N2O7/c1-19(12-5-6-13(25-2)14(9-12)26-3)17(23)21(18(24)20-19)10-11-7-8-28-15(11)16(22)27-4/h5-9H,10H2,1-4H3,(H,20,24). The van der Waals surface area contributed by atoms with Gasteiger partial charge in [0.25, 0.3) is 5.91 Å². The molecule has 1 aromatic carbocycles. The minimum absolute atomic E-state index is 0.0529. The van der Waals surface area contributed by atoms with Crippen LogP contribution in [-0.4, -0.2) is 44.1 Å². The molecule has 1 aliphatic heterocycles. The summed E-state index contributed by atoms with van der Waals surface area (Å²) in [6.45, 7) is 1.47. The maximum Gasteiger partial charge on any atom is 0.374 e. The molecular formula is C19H20N2O7. The minimum Gasteiger partial charge on any atom is -0.493 e. The van der Waals surface area contributed by atoms with Gasteiger partial charge in [-0.25, -0.2) is 9.59 Å². The molecular weight excluding hydrogens is 368 g/mol. The van der Waals surface area contributed by atoms with Crippen LogP contribution in [0.1, 0.15) is 28.6 Å². The first-order chi connectivity index (χ1) is 13.3. The number of hydrogen-bond acceptors (Lipinski definition) is 7. The zero-order valence-corrected chi connectivity index (χ0v) is 15.9. The Kier molecular flexibility index (Phi) is 5.00. The number of urea groups is 1. The number of rotatable bonds is 6. The predicted octanol–water partition coefficient (Wildman–Crippen LogP) is 2.05. The zero-order valence-electron chi connectivity index (χ0n) is 15.9. The fraction of sp³-hybridized carbons (Fsp3) is 0.316. The normalized spacial score (nSPS) is 18.8. The lowest BCUT2D eigenvalue weighted by Gasteiger charge is -2.23. The lowest BCUT2D eigenvalue weighted by atomic mass is 9.91. The van der Waals surface area contributed by atoms with E-state index in [1.807, 2.05) is 0 Å². The van der Waals surface area contributed by atoms with E-state index in [1.165, 1.54) is 33.7 Å². The first-order valence-electron chi connectivity index (χ1n) is 8.37. The highest BCUT2D eigenvalue weighted by molar-refractivity contribution is 6.07. The Bertz CT molecular complexity index is 936. The smallest absolute Gasteiger partial charge is 0.374 e. The summed E-state index contributed by atoms with van der Waals surface area (Å²) in [5, 5.41) is 2.70. The van der Waals surface area contributed by atoms with Crippen molar-refractivity contribution in [3.8, 4) is 11.5 Å². The van der Waals surface area contributed by atoms with Crippen molar-refractivity contribution >= 4 is 17.9 Å². The van der Waals surface area contributed by atoms with Crippen molar-refractivity contribution in [3.63, 3.8) is 0 Å². The second-order valence-corrected chi connectivity index (χ2v) is 6.28. The SMILES string of the molecule is COC(=O)c1occc1CN1C(=O)NC(C)(c2ccc(OC)c(OC)c2)C1=O. The van der Waals surface area contributed by atoms with E-state index in [1.54, 1.807) is 25.1 Å². The van der Waals surface area contributed by atoms with Crippen molar-refractivity contribution in [2.24, 2.45) is 0 Å². The Balaban J connectivity index is 1.91. The van der Waals surface area contributed by atoms with Gasteiger partial charge >= 0.3 is 12.0 Å². The molecule has 9 heteroatoms. The lowest BCUT2D eigenvalue weighted by Crippen LogP contribution is -2.40. The second-order valence-electron chi connectivity index (χ2n) is 6.28. The van der Waals surface area contributed by atoms with Crippen molar-refractivity contribution in [3.05, 3.63) is 47.4 Å². The van der Waals surface area contributed by atoms with Gasteiger partial charge in [0.2, 0.25) is 5.76 Å². The Morgan fingerprint density at radius 2 is 1.86 bits per heavy atom. The molecule has 3 rings (SSSR count). The monoisotopic (exact) mass is 388 g/mol. The molecule has 1 saturated heterocycles. The van der Waals surface area contributed by atoms with Crippen LogP contribution in [0.15, 0.2) is 34.9 Å². The third-order valence-corrected chi connectivity index (χ3v) is 4.68. The minimum atomic E-state index is -1.30. The molecule has 0 bridgehead atoms. The Hall–Kier alpha value is -3.49. The third kappa shape index (κ3) is 3.04. The molecule has 1 atom stereocenters. The van der Waals surface area contributed by atoms with Crippen LogP contribution in [0.4, 0.5) is 4.79 Å². The fourth-order valence-electron chi connectivity index (χ4n) is 3.09. The van der Waals surface area contributed by atoms with Gasteiger partial charge in [-0.15, -0.1) is 0 Å². The number of carbonyl (C=O) groups excluding carboxylic acids is 3. The van der Waals surface area contributed by atoms with E-state index >= 15 is 0 Å². The van der Waals surface area contributed by atoms with Crippen molar-refractivity contribution in [1.29, 1.82) is 0 Å². The molecule has 28 heavy (non-hydrogen) atoms. The molecule has 3 amide bonds. The number of nitrogens with one attached hydrogen (secondary N) is 1. The van der Waals surface area contributed by atoms with Gasteiger partial charge in [-0.05, 0) is 30.7 Å². The van der Waals surface area contributed by atoms with Gasteiger partial charge < -0.3 is 23.9 Å². The van der Waals surface area contributed by atoms with Crippen molar-refractivity contribution < 1.29 is 33.0 Å². The summed E-state index contributed by atoms with van der Waals surface area (Å²) >= 11 is 0. The van der Waals surface area contributed by atoms with Gasteiger partial charge in [0.15, 0.2) is 11.5 Å². The van der Waals surface area contributed by atoms with E-state index in [2.05, 4.69) is 10.1 Å². The van der Waals surface area contributed by atoms with Gasteiger partial charge in [-0.1, -0.05) is 6.07 Å². The molecule has 1 N–H and O–H groups in total. The van der Waals surface area contributed by atoms with E-state index < -0.39 is 23.4 Å². The molecule has 0 aliphatic carbocycles. The Labute approximate surface area is 161 Å². The van der Waals surface area contributed by atoms with Crippen LogP contribution in [0.3, 0.4) is 0 Å². The molecule has 0 saturated carbocycles. The van der Waals surface area contributed by atoms with E-state index in [0.717, 1.165) is 4.90 Å². The first-order valence-corrected chi connectivity index (χ1v) is 8.37. The van der Waals surface area contributed by atoms with E-state index in [0.29, 0.717) is 22.6 Å². The average Bonchev–Trinajstić information content (AvgIpc) is 3.25. The van der Waals surface area contributed by atoms with Crippen LogP contribution in [0.5, 0.6) is 11.5 Å². The molecule has 1 fully saturated rings. The molecule has 1 aliphatic rings. The quantitative estimate of drug-likeness (QED) is 0.596. The second kappa shape index (κ2) is 7.26. The summed E-state index contributed by atoms with van der Waals surface area (Å²) in [6.07, 6.45) is 1.30. The number of amides is 3. The number of carbonyl (C=O) groups is 3. The largest absolute Gasteiger partial charge is 0.493 e. The number of imide groups is 1.